The van der Waals surface area contributed by atoms with Crippen LogP contribution >= 0.6 is 15.9 Å². The minimum absolute atomic E-state index is 0.0573. The standard InChI is InChI=1S/C28H26BrNO5/c1-18-4-3-5-19(16-18)17-35-23-12-8-21(9-13-23)26(31)24-25(20-6-10-22(29)11-7-20)30(14-15-34-2)28(33)27(24)32/h3-13,16,25,31H,14-15,17H2,1-2H3/b26-24+/t25-/m1/s1. The zero-order valence-corrected chi connectivity index (χ0v) is 21.1. The average molecular weight is 536 g/mol. The van der Waals surface area contributed by atoms with Gasteiger partial charge in [0.2, 0.25) is 0 Å². The van der Waals surface area contributed by atoms with E-state index in [1.165, 1.54) is 12.0 Å². The number of ketones is 1. The van der Waals surface area contributed by atoms with Gasteiger partial charge in [-0.3, -0.25) is 9.59 Å². The molecule has 180 valence electrons. The van der Waals surface area contributed by atoms with Crippen molar-refractivity contribution in [1.29, 1.82) is 0 Å². The first-order chi connectivity index (χ1) is 16.9. The van der Waals surface area contributed by atoms with Crippen LogP contribution in [0, 0.1) is 6.92 Å². The molecule has 0 aromatic heterocycles. The van der Waals surface area contributed by atoms with Gasteiger partial charge < -0.3 is 19.5 Å². The molecule has 0 bridgehead atoms. The van der Waals surface area contributed by atoms with E-state index in [0.717, 1.165) is 21.2 Å². The zero-order valence-electron chi connectivity index (χ0n) is 19.5. The normalized spacial score (nSPS) is 17.1. The number of hydrogen-bond acceptors (Lipinski definition) is 5. The maximum Gasteiger partial charge on any atom is 0.295 e. The smallest absolute Gasteiger partial charge is 0.295 e. The molecule has 1 heterocycles. The highest BCUT2D eigenvalue weighted by Crippen LogP contribution is 2.39. The highest BCUT2D eigenvalue weighted by Gasteiger charge is 2.45. The van der Waals surface area contributed by atoms with Crippen molar-refractivity contribution in [2.75, 3.05) is 20.3 Å². The number of benzene rings is 3. The van der Waals surface area contributed by atoms with Crippen LogP contribution in [0.2, 0.25) is 0 Å². The third kappa shape index (κ3) is 5.47. The summed E-state index contributed by atoms with van der Waals surface area (Å²) in [5.41, 5.74) is 3.43. The fourth-order valence-corrected chi connectivity index (χ4v) is 4.39. The number of Topliss-reactive ketones (excluding diaryl/α,β-unsaturated/α-hetero) is 1. The van der Waals surface area contributed by atoms with Crippen LogP contribution in [0.5, 0.6) is 5.75 Å². The molecule has 0 spiro atoms. The maximum absolute atomic E-state index is 13.0. The van der Waals surface area contributed by atoms with Crippen LogP contribution in [0.4, 0.5) is 0 Å². The number of halogens is 1. The van der Waals surface area contributed by atoms with E-state index in [0.29, 0.717) is 17.9 Å². The lowest BCUT2D eigenvalue weighted by Crippen LogP contribution is -2.32. The lowest BCUT2D eigenvalue weighted by molar-refractivity contribution is -0.140. The molecule has 3 aromatic rings. The number of hydrogen-bond donors (Lipinski definition) is 1. The van der Waals surface area contributed by atoms with E-state index in [4.69, 9.17) is 9.47 Å². The van der Waals surface area contributed by atoms with Gasteiger partial charge in [0, 0.05) is 23.7 Å². The summed E-state index contributed by atoms with van der Waals surface area (Å²) in [5, 5.41) is 11.2. The number of nitrogens with zero attached hydrogens (tertiary/aromatic N) is 1. The van der Waals surface area contributed by atoms with E-state index in [1.807, 2.05) is 49.4 Å². The number of aliphatic hydroxyl groups is 1. The number of aliphatic hydroxyl groups excluding tert-OH is 1. The Morgan fingerprint density at radius 1 is 1.03 bits per heavy atom. The predicted molar refractivity (Wildman–Crippen MR) is 137 cm³/mol. The van der Waals surface area contributed by atoms with Crippen LogP contribution in [0.25, 0.3) is 5.76 Å². The number of carbonyl (C=O) groups excluding carboxylic acids is 2. The minimum atomic E-state index is -0.716. The van der Waals surface area contributed by atoms with Crippen LogP contribution in [0.3, 0.4) is 0 Å². The third-order valence-electron chi connectivity index (χ3n) is 5.88. The molecule has 0 aliphatic carbocycles. The molecule has 0 saturated carbocycles. The highest BCUT2D eigenvalue weighted by molar-refractivity contribution is 9.10. The second-order valence-electron chi connectivity index (χ2n) is 8.34. The number of ether oxygens (including phenoxy) is 2. The summed E-state index contributed by atoms with van der Waals surface area (Å²) in [6, 6.07) is 21.5. The number of aryl methyl sites for hydroxylation is 1. The monoisotopic (exact) mass is 535 g/mol. The van der Waals surface area contributed by atoms with Crippen LogP contribution in [0.15, 0.2) is 82.8 Å². The van der Waals surface area contributed by atoms with Gasteiger partial charge in [-0.15, -0.1) is 0 Å². The molecule has 3 aromatic carbocycles. The molecule has 0 radical (unpaired) electrons. The van der Waals surface area contributed by atoms with Gasteiger partial charge in [0.25, 0.3) is 11.7 Å². The van der Waals surface area contributed by atoms with Gasteiger partial charge in [0.05, 0.1) is 18.2 Å². The minimum Gasteiger partial charge on any atom is -0.507 e. The van der Waals surface area contributed by atoms with E-state index < -0.39 is 17.7 Å². The Morgan fingerprint density at radius 3 is 2.40 bits per heavy atom. The first kappa shape index (κ1) is 24.7. The maximum atomic E-state index is 13.0. The Balaban J connectivity index is 1.63. The van der Waals surface area contributed by atoms with Gasteiger partial charge >= 0.3 is 0 Å². The van der Waals surface area contributed by atoms with E-state index in [-0.39, 0.29) is 24.5 Å². The summed E-state index contributed by atoms with van der Waals surface area (Å²) in [6.07, 6.45) is 0. The molecule has 1 atom stereocenters. The van der Waals surface area contributed by atoms with Crippen LogP contribution < -0.4 is 4.74 Å². The van der Waals surface area contributed by atoms with Crippen molar-refractivity contribution in [3.63, 3.8) is 0 Å². The van der Waals surface area contributed by atoms with Crippen molar-refractivity contribution in [1.82, 2.24) is 4.90 Å². The van der Waals surface area contributed by atoms with Gasteiger partial charge in [-0.05, 0) is 54.4 Å². The molecular weight excluding hydrogens is 510 g/mol. The van der Waals surface area contributed by atoms with E-state index in [1.54, 1.807) is 24.3 Å². The van der Waals surface area contributed by atoms with Gasteiger partial charge in [0.1, 0.15) is 18.1 Å². The Labute approximate surface area is 212 Å². The van der Waals surface area contributed by atoms with Gasteiger partial charge in [-0.1, -0.05) is 57.9 Å². The molecule has 1 fully saturated rings. The molecule has 1 aliphatic heterocycles. The van der Waals surface area contributed by atoms with Crippen molar-refractivity contribution in [2.45, 2.75) is 19.6 Å². The summed E-state index contributed by atoms with van der Waals surface area (Å²) in [7, 11) is 1.54. The van der Waals surface area contributed by atoms with E-state index >= 15 is 0 Å². The molecule has 4 rings (SSSR count). The molecule has 1 saturated heterocycles. The topological polar surface area (TPSA) is 76.1 Å². The van der Waals surface area contributed by atoms with Crippen molar-refractivity contribution in [3.8, 4) is 5.75 Å². The Kier molecular flexibility index (Phi) is 7.68. The Bertz CT molecular complexity index is 1250. The largest absolute Gasteiger partial charge is 0.507 e. The van der Waals surface area contributed by atoms with Crippen molar-refractivity contribution < 1.29 is 24.2 Å². The van der Waals surface area contributed by atoms with Crippen LogP contribution in [0.1, 0.15) is 28.3 Å². The second-order valence-corrected chi connectivity index (χ2v) is 9.25. The van der Waals surface area contributed by atoms with Gasteiger partial charge in [0.15, 0.2) is 0 Å². The Hall–Kier alpha value is -3.42. The second kappa shape index (κ2) is 10.9. The first-order valence-electron chi connectivity index (χ1n) is 11.2. The predicted octanol–water partition coefficient (Wildman–Crippen LogP) is 5.40. The van der Waals surface area contributed by atoms with Crippen LogP contribution in [-0.4, -0.2) is 42.0 Å². The number of likely N-dealkylation sites (tertiary alicyclic amines) is 1. The summed E-state index contributed by atoms with van der Waals surface area (Å²) < 4.78 is 11.9. The lowest BCUT2D eigenvalue weighted by Gasteiger charge is -2.25. The van der Waals surface area contributed by atoms with Crippen molar-refractivity contribution in [2.24, 2.45) is 0 Å². The Morgan fingerprint density at radius 2 is 1.74 bits per heavy atom. The SMILES string of the molecule is COCCN1C(=O)C(=O)/C(=C(/O)c2ccc(OCc3cccc(C)c3)cc2)[C@H]1c1ccc(Br)cc1. The average Bonchev–Trinajstić information content (AvgIpc) is 3.11. The highest BCUT2D eigenvalue weighted by atomic mass is 79.9. The molecule has 7 heteroatoms. The summed E-state index contributed by atoms with van der Waals surface area (Å²) in [4.78, 5) is 27.3. The lowest BCUT2D eigenvalue weighted by atomic mass is 9.95. The summed E-state index contributed by atoms with van der Waals surface area (Å²) >= 11 is 3.41. The third-order valence-corrected chi connectivity index (χ3v) is 6.41. The van der Waals surface area contributed by atoms with E-state index in [9.17, 15) is 14.7 Å². The molecule has 6 nitrogen and oxygen atoms in total. The number of carbonyl (C=O) groups is 2. The molecule has 1 aliphatic rings. The molecule has 1 N–H and O–H groups in total. The van der Waals surface area contributed by atoms with Crippen molar-refractivity contribution >= 4 is 33.4 Å². The zero-order chi connectivity index (χ0) is 24.9. The fraction of sp³-hybridized carbons (Fsp3) is 0.214. The number of amides is 1. The number of methoxy groups -OCH3 is 1. The summed E-state index contributed by atoms with van der Waals surface area (Å²) in [5.74, 6) is -0.963. The van der Waals surface area contributed by atoms with Crippen molar-refractivity contribution in [3.05, 3.63) is 105 Å². The van der Waals surface area contributed by atoms with Gasteiger partial charge in [-0.25, -0.2) is 0 Å². The summed E-state index contributed by atoms with van der Waals surface area (Å²) in [6.45, 7) is 2.94. The quantitative estimate of drug-likeness (QED) is 0.237. The molecular formula is C28H26BrNO5. The molecule has 35 heavy (non-hydrogen) atoms. The molecule has 0 unspecified atom stereocenters. The number of rotatable bonds is 8. The van der Waals surface area contributed by atoms with E-state index in [2.05, 4.69) is 22.0 Å². The first-order valence-corrected chi connectivity index (χ1v) is 12.0. The fourth-order valence-electron chi connectivity index (χ4n) is 4.13. The van der Waals surface area contributed by atoms with Crippen LogP contribution in [-0.2, 0) is 20.9 Å². The van der Waals surface area contributed by atoms with Gasteiger partial charge in [-0.2, -0.15) is 0 Å². The molecule has 1 amide bonds.